The Hall–Kier alpha value is -2.40. The number of halogens is 3. The highest BCUT2D eigenvalue weighted by Gasteiger charge is 2.04. The van der Waals surface area contributed by atoms with Crippen LogP contribution in [0.1, 0.15) is 11.5 Å². The lowest BCUT2D eigenvalue weighted by Gasteiger charge is -2.03. The highest BCUT2D eigenvalue weighted by atomic mass is 35.5. The van der Waals surface area contributed by atoms with Gasteiger partial charge in [0.15, 0.2) is 5.58 Å². The number of hydrogen-bond donors (Lipinski definition) is 0. The summed E-state index contributed by atoms with van der Waals surface area (Å²) in [6.45, 7) is -2.83. The number of fused-ring (bicyclic) bond motifs is 1. The molecule has 0 saturated carbocycles. The minimum absolute atomic E-state index is 0.114. The molecule has 0 aliphatic heterocycles. The van der Waals surface area contributed by atoms with E-state index in [0.717, 1.165) is 5.56 Å². The van der Waals surface area contributed by atoms with E-state index >= 15 is 0 Å². The predicted molar refractivity (Wildman–Crippen MR) is 81.0 cm³/mol. The average Bonchev–Trinajstić information content (AvgIpc) is 2.88. The lowest BCUT2D eigenvalue weighted by Crippen LogP contribution is -2.01. The number of aromatic nitrogens is 1. The van der Waals surface area contributed by atoms with E-state index in [4.69, 9.17) is 16.0 Å². The smallest absolute Gasteiger partial charge is 0.387 e. The largest absolute Gasteiger partial charge is 0.437 e. The van der Waals surface area contributed by atoms with Crippen LogP contribution in [0.25, 0.3) is 23.3 Å². The quantitative estimate of drug-likeness (QED) is 0.658. The topological polar surface area (TPSA) is 35.3 Å². The molecular formula is C16H10ClF2NO2. The molecule has 0 spiro atoms. The van der Waals surface area contributed by atoms with Crippen molar-refractivity contribution in [3.63, 3.8) is 0 Å². The molecule has 3 rings (SSSR count). The minimum atomic E-state index is -2.83. The van der Waals surface area contributed by atoms with E-state index in [1.807, 2.05) is 0 Å². The Balaban J connectivity index is 1.77. The first-order valence-electron chi connectivity index (χ1n) is 6.39. The van der Waals surface area contributed by atoms with E-state index in [1.54, 1.807) is 42.5 Å². The van der Waals surface area contributed by atoms with Gasteiger partial charge in [-0.05, 0) is 42.0 Å². The van der Waals surface area contributed by atoms with Gasteiger partial charge in [-0.2, -0.15) is 8.78 Å². The summed E-state index contributed by atoms with van der Waals surface area (Å²) in [5, 5.41) is 0.589. The molecular weight excluding hydrogens is 312 g/mol. The molecule has 0 atom stereocenters. The molecule has 6 heteroatoms. The number of ether oxygens (including phenoxy) is 1. The van der Waals surface area contributed by atoms with Gasteiger partial charge in [-0.3, -0.25) is 0 Å². The van der Waals surface area contributed by atoms with Crippen LogP contribution in [-0.2, 0) is 0 Å². The summed E-state index contributed by atoms with van der Waals surface area (Å²) in [6, 6.07) is 11.5. The van der Waals surface area contributed by atoms with Crippen LogP contribution in [0.5, 0.6) is 5.75 Å². The van der Waals surface area contributed by atoms with Gasteiger partial charge in [0.1, 0.15) is 11.3 Å². The summed E-state index contributed by atoms with van der Waals surface area (Å²) < 4.78 is 33.9. The van der Waals surface area contributed by atoms with Gasteiger partial charge in [0.25, 0.3) is 0 Å². The Morgan fingerprint density at radius 1 is 1.09 bits per heavy atom. The predicted octanol–water partition coefficient (Wildman–Crippen LogP) is 5.25. The third kappa shape index (κ3) is 3.43. The zero-order valence-corrected chi connectivity index (χ0v) is 11.9. The Labute approximate surface area is 129 Å². The van der Waals surface area contributed by atoms with Crippen LogP contribution in [0, 0.1) is 0 Å². The second kappa shape index (κ2) is 6.15. The van der Waals surface area contributed by atoms with Gasteiger partial charge >= 0.3 is 6.61 Å². The van der Waals surface area contributed by atoms with Gasteiger partial charge in [0, 0.05) is 11.1 Å². The van der Waals surface area contributed by atoms with Crippen molar-refractivity contribution in [1.82, 2.24) is 4.98 Å². The third-order valence-corrected chi connectivity index (χ3v) is 3.12. The van der Waals surface area contributed by atoms with E-state index in [9.17, 15) is 8.78 Å². The van der Waals surface area contributed by atoms with Crippen LogP contribution in [-0.4, -0.2) is 11.6 Å². The number of benzene rings is 2. The van der Waals surface area contributed by atoms with Crippen LogP contribution in [0.3, 0.4) is 0 Å². The average molecular weight is 322 g/mol. The molecule has 3 nitrogen and oxygen atoms in total. The maximum atomic E-state index is 12.1. The molecule has 0 unspecified atom stereocenters. The molecule has 0 fully saturated rings. The molecule has 0 N–H and O–H groups in total. The second-order valence-electron chi connectivity index (χ2n) is 4.45. The fourth-order valence-corrected chi connectivity index (χ4v) is 2.08. The number of nitrogens with zero attached hydrogens (tertiary/aromatic N) is 1. The third-order valence-electron chi connectivity index (χ3n) is 2.89. The first kappa shape index (κ1) is 14.5. The summed E-state index contributed by atoms with van der Waals surface area (Å²) in [5.41, 5.74) is 2.12. The molecule has 22 heavy (non-hydrogen) atoms. The Bertz CT molecular complexity index is 813. The van der Waals surface area contributed by atoms with Crippen LogP contribution in [0.4, 0.5) is 8.78 Å². The summed E-state index contributed by atoms with van der Waals surface area (Å²) in [6.07, 6.45) is 3.45. The number of rotatable bonds is 4. The summed E-state index contributed by atoms with van der Waals surface area (Å²) in [7, 11) is 0. The van der Waals surface area contributed by atoms with Crippen LogP contribution >= 0.6 is 11.6 Å². The molecule has 1 aromatic heterocycles. The molecule has 3 aromatic rings. The van der Waals surface area contributed by atoms with Crippen molar-refractivity contribution in [3.8, 4) is 5.75 Å². The fraction of sp³-hybridized carbons (Fsp3) is 0.0625. The monoisotopic (exact) mass is 321 g/mol. The molecule has 0 aliphatic rings. The van der Waals surface area contributed by atoms with Gasteiger partial charge in [0.05, 0.1) is 0 Å². The van der Waals surface area contributed by atoms with Crippen molar-refractivity contribution in [2.45, 2.75) is 6.61 Å². The minimum Gasteiger partial charge on any atom is -0.437 e. The molecule has 2 aromatic carbocycles. The SMILES string of the molecule is FC(F)Oc1ccc(/C=C/c2nc3cc(Cl)ccc3o2)cc1. The highest BCUT2D eigenvalue weighted by molar-refractivity contribution is 6.31. The molecule has 0 aliphatic carbocycles. The maximum absolute atomic E-state index is 12.1. The fourth-order valence-electron chi connectivity index (χ4n) is 1.92. The molecule has 0 radical (unpaired) electrons. The lowest BCUT2D eigenvalue weighted by atomic mass is 10.2. The first-order valence-corrected chi connectivity index (χ1v) is 6.77. The van der Waals surface area contributed by atoms with E-state index < -0.39 is 6.61 Å². The summed E-state index contributed by atoms with van der Waals surface area (Å²) in [4.78, 5) is 4.28. The molecule has 1 heterocycles. The van der Waals surface area contributed by atoms with E-state index in [2.05, 4.69) is 9.72 Å². The van der Waals surface area contributed by atoms with Crippen LogP contribution in [0.15, 0.2) is 46.9 Å². The van der Waals surface area contributed by atoms with Gasteiger partial charge in [-0.1, -0.05) is 23.7 Å². The van der Waals surface area contributed by atoms with Gasteiger partial charge in [0.2, 0.25) is 5.89 Å². The maximum Gasteiger partial charge on any atom is 0.387 e. The van der Waals surface area contributed by atoms with E-state index in [1.165, 1.54) is 12.1 Å². The number of alkyl halides is 2. The van der Waals surface area contributed by atoms with E-state index in [-0.39, 0.29) is 5.75 Å². The van der Waals surface area contributed by atoms with Gasteiger partial charge < -0.3 is 9.15 Å². The second-order valence-corrected chi connectivity index (χ2v) is 4.88. The van der Waals surface area contributed by atoms with Crippen molar-refractivity contribution < 1.29 is 17.9 Å². The van der Waals surface area contributed by atoms with Gasteiger partial charge in [-0.15, -0.1) is 0 Å². The van der Waals surface area contributed by atoms with Gasteiger partial charge in [-0.25, -0.2) is 4.98 Å². The zero-order valence-electron chi connectivity index (χ0n) is 11.2. The van der Waals surface area contributed by atoms with Crippen molar-refractivity contribution in [2.75, 3.05) is 0 Å². The molecule has 0 amide bonds. The van der Waals surface area contributed by atoms with Crippen molar-refractivity contribution in [3.05, 3.63) is 58.9 Å². The van der Waals surface area contributed by atoms with Crippen LogP contribution in [0.2, 0.25) is 5.02 Å². The van der Waals surface area contributed by atoms with Crippen molar-refractivity contribution >= 4 is 34.9 Å². The van der Waals surface area contributed by atoms with Crippen molar-refractivity contribution in [2.24, 2.45) is 0 Å². The van der Waals surface area contributed by atoms with Crippen molar-refractivity contribution in [1.29, 1.82) is 0 Å². The molecule has 0 bridgehead atoms. The standard InChI is InChI=1S/C16H10ClF2NO2/c17-11-4-7-14-13(9-11)20-15(22-14)8-3-10-1-5-12(6-2-10)21-16(18)19/h1-9,16H/b8-3+. The Kier molecular flexibility index (Phi) is 4.06. The van der Waals surface area contributed by atoms with E-state index in [0.29, 0.717) is 22.0 Å². The number of hydrogen-bond acceptors (Lipinski definition) is 3. The lowest BCUT2D eigenvalue weighted by molar-refractivity contribution is -0.0498. The molecule has 0 saturated heterocycles. The number of oxazole rings is 1. The summed E-state index contributed by atoms with van der Waals surface area (Å²) in [5.74, 6) is 0.550. The molecule has 112 valence electrons. The Morgan fingerprint density at radius 3 is 2.59 bits per heavy atom. The summed E-state index contributed by atoms with van der Waals surface area (Å²) >= 11 is 5.89. The first-order chi connectivity index (χ1) is 10.6. The highest BCUT2D eigenvalue weighted by Crippen LogP contribution is 2.21. The Morgan fingerprint density at radius 2 is 1.86 bits per heavy atom. The van der Waals surface area contributed by atoms with Crippen LogP contribution < -0.4 is 4.74 Å². The zero-order chi connectivity index (χ0) is 15.5. The normalized spacial score (nSPS) is 11.6.